The summed E-state index contributed by atoms with van der Waals surface area (Å²) in [6.45, 7) is 2.25. The van der Waals surface area contributed by atoms with Crippen molar-refractivity contribution in [3.8, 4) is 17.6 Å². The summed E-state index contributed by atoms with van der Waals surface area (Å²) >= 11 is 3.37. The molecule has 0 saturated heterocycles. The predicted octanol–water partition coefficient (Wildman–Crippen LogP) is 5.41. The average Bonchev–Trinajstić information content (AvgIpc) is 3.23. The minimum absolute atomic E-state index is 0.181. The number of carbonyl (C=O) groups excluding carboxylic acids is 2. The highest BCUT2D eigenvalue weighted by atomic mass is 79.9. The van der Waals surface area contributed by atoms with Gasteiger partial charge in [-0.25, -0.2) is 5.01 Å². The highest BCUT2D eigenvalue weighted by Gasteiger charge is 2.30. The molecule has 0 atom stereocenters. The minimum atomic E-state index is -0.307. The lowest BCUT2D eigenvalue weighted by Crippen LogP contribution is -2.23. The van der Waals surface area contributed by atoms with Gasteiger partial charge in [-0.05, 0) is 55.0 Å². The number of halogens is 1. The van der Waals surface area contributed by atoms with Gasteiger partial charge in [0.2, 0.25) is 0 Å². The number of benzene rings is 3. The largest absolute Gasteiger partial charge is 0.490 e. The van der Waals surface area contributed by atoms with Gasteiger partial charge in [0, 0.05) is 15.7 Å². The topological polar surface area (TPSA) is 104 Å². The van der Waals surface area contributed by atoms with Crippen molar-refractivity contribution in [2.75, 3.05) is 25.1 Å². The number of nitrogens with zero attached hydrogens (tertiary/aromatic N) is 3. The number of nitrogens with one attached hydrogen (secondary N) is 1. The Labute approximate surface area is 229 Å². The molecular weight excluding hydrogens is 548 g/mol. The van der Waals surface area contributed by atoms with Crippen molar-refractivity contribution in [1.82, 2.24) is 5.01 Å². The van der Waals surface area contributed by atoms with E-state index in [4.69, 9.17) is 14.7 Å². The third-order valence-corrected chi connectivity index (χ3v) is 6.02. The molecule has 1 aliphatic rings. The molecule has 4 rings (SSSR count). The first-order valence-corrected chi connectivity index (χ1v) is 12.8. The summed E-state index contributed by atoms with van der Waals surface area (Å²) in [7, 11) is 0. The fourth-order valence-corrected chi connectivity index (χ4v) is 4.01. The zero-order chi connectivity index (χ0) is 26.9. The maximum absolute atomic E-state index is 13.2. The Balaban J connectivity index is 1.54. The molecule has 1 N–H and O–H groups in total. The van der Waals surface area contributed by atoms with Crippen LogP contribution in [0, 0.1) is 11.3 Å². The van der Waals surface area contributed by atoms with Crippen molar-refractivity contribution in [3.05, 3.63) is 94.0 Å². The van der Waals surface area contributed by atoms with Crippen molar-refractivity contribution in [1.29, 1.82) is 5.26 Å². The highest BCUT2D eigenvalue weighted by Crippen LogP contribution is 2.31. The molecule has 3 aromatic carbocycles. The van der Waals surface area contributed by atoms with Crippen LogP contribution in [0.3, 0.4) is 0 Å². The van der Waals surface area contributed by atoms with Crippen LogP contribution in [0.1, 0.15) is 24.5 Å². The van der Waals surface area contributed by atoms with Crippen LogP contribution in [-0.2, 0) is 9.59 Å². The molecule has 38 heavy (non-hydrogen) atoms. The number of nitriles is 1. The van der Waals surface area contributed by atoms with Crippen LogP contribution in [0.4, 0.5) is 5.69 Å². The van der Waals surface area contributed by atoms with Gasteiger partial charge < -0.3 is 14.8 Å². The van der Waals surface area contributed by atoms with Gasteiger partial charge in [0.15, 0.2) is 18.1 Å². The molecule has 2 amide bonds. The van der Waals surface area contributed by atoms with Crippen LogP contribution in [0.25, 0.3) is 6.08 Å². The van der Waals surface area contributed by atoms with Crippen molar-refractivity contribution in [2.45, 2.75) is 13.3 Å². The molecule has 1 heterocycles. The standard InChI is InChI=1S/C29H25BrN4O4/c1-2-37-26-18-20(9-14-25(26)38-19-27(35)32-23-12-10-22(30)11-13-23)17-24-28(21-7-4-3-5-8-21)33-34(29(24)36)16-6-15-31/h3-5,7-14,17-18H,2,6,16,19H2,1H3,(H,32,35)/b24-17-. The molecular formula is C29H25BrN4O4. The number of amides is 2. The van der Waals surface area contributed by atoms with Gasteiger partial charge in [-0.2, -0.15) is 10.4 Å². The summed E-state index contributed by atoms with van der Waals surface area (Å²) in [4.78, 5) is 25.5. The average molecular weight is 573 g/mol. The van der Waals surface area contributed by atoms with Crippen molar-refractivity contribution >= 4 is 45.2 Å². The van der Waals surface area contributed by atoms with E-state index in [-0.39, 0.29) is 31.4 Å². The van der Waals surface area contributed by atoms with Gasteiger partial charge in [-0.3, -0.25) is 9.59 Å². The summed E-state index contributed by atoms with van der Waals surface area (Å²) in [5.41, 5.74) is 3.12. The van der Waals surface area contributed by atoms with E-state index < -0.39 is 0 Å². The Morgan fingerprint density at radius 1 is 1.08 bits per heavy atom. The van der Waals surface area contributed by atoms with Gasteiger partial charge >= 0.3 is 0 Å². The molecule has 0 aromatic heterocycles. The van der Waals surface area contributed by atoms with Gasteiger partial charge in [0.05, 0.1) is 31.2 Å². The maximum Gasteiger partial charge on any atom is 0.276 e. The van der Waals surface area contributed by atoms with Gasteiger partial charge in [0.25, 0.3) is 11.8 Å². The molecule has 0 bridgehead atoms. The Hall–Kier alpha value is -4.42. The van der Waals surface area contributed by atoms with E-state index in [2.05, 4.69) is 32.4 Å². The number of ether oxygens (including phenoxy) is 2. The molecule has 0 unspecified atom stereocenters. The summed E-state index contributed by atoms with van der Waals surface area (Å²) < 4.78 is 12.4. The van der Waals surface area contributed by atoms with Crippen molar-refractivity contribution < 1.29 is 19.1 Å². The molecule has 0 spiro atoms. The Morgan fingerprint density at radius 2 is 1.84 bits per heavy atom. The maximum atomic E-state index is 13.2. The van der Waals surface area contributed by atoms with Crippen LogP contribution < -0.4 is 14.8 Å². The van der Waals surface area contributed by atoms with E-state index in [9.17, 15) is 9.59 Å². The molecule has 0 radical (unpaired) electrons. The Morgan fingerprint density at radius 3 is 2.55 bits per heavy atom. The SMILES string of the molecule is CCOc1cc(/C=C2\C(=O)N(CCC#N)N=C2c2ccccc2)ccc1OCC(=O)Nc1ccc(Br)cc1. The molecule has 1 aliphatic heterocycles. The van der Waals surface area contributed by atoms with Gasteiger partial charge in [-0.15, -0.1) is 0 Å². The molecule has 0 saturated carbocycles. The second-order valence-electron chi connectivity index (χ2n) is 8.19. The molecule has 9 heteroatoms. The van der Waals surface area contributed by atoms with Crippen molar-refractivity contribution in [2.24, 2.45) is 5.10 Å². The lowest BCUT2D eigenvalue weighted by molar-refractivity contribution is -0.125. The van der Waals surface area contributed by atoms with Gasteiger partial charge in [0.1, 0.15) is 5.71 Å². The second kappa shape index (κ2) is 12.7. The third-order valence-electron chi connectivity index (χ3n) is 5.49. The molecule has 8 nitrogen and oxygen atoms in total. The molecule has 192 valence electrons. The van der Waals surface area contributed by atoms with Crippen LogP contribution in [0.5, 0.6) is 11.5 Å². The van der Waals surface area contributed by atoms with Crippen LogP contribution in [0.15, 0.2) is 87.9 Å². The van der Waals surface area contributed by atoms with Crippen molar-refractivity contribution in [3.63, 3.8) is 0 Å². The summed E-state index contributed by atoms with van der Waals surface area (Å²) in [6.07, 6.45) is 1.92. The minimum Gasteiger partial charge on any atom is -0.490 e. The summed E-state index contributed by atoms with van der Waals surface area (Å²) in [5, 5.41) is 17.6. The first kappa shape index (κ1) is 26.6. The zero-order valence-corrected chi connectivity index (χ0v) is 22.3. The highest BCUT2D eigenvalue weighted by molar-refractivity contribution is 9.10. The third kappa shape index (κ3) is 6.66. The summed E-state index contributed by atoms with van der Waals surface area (Å²) in [6, 6.07) is 24.0. The van der Waals surface area contributed by atoms with E-state index in [1.165, 1.54) is 5.01 Å². The first-order chi connectivity index (χ1) is 18.5. The number of hydrogen-bond acceptors (Lipinski definition) is 6. The van der Waals surface area contributed by atoms with E-state index >= 15 is 0 Å². The number of hydrazone groups is 1. The second-order valence-corrected chi connectivity index (χ2v) is 9.11. The molecule has 0 fully saturated rings. The quantitative estimate of drug-likeness (QED) is 0.327. The van der Waals surface area contributed by atoms with E-state index in [1.807, 2.05) is 49.4 Å². The molecule has 3 aromatic rings. The fourth-order valence-electron chi connectivity index (χ4n) is 3.75. The smallest absolute Gasteiger partial charge is 0.276 e. The van der Waals surface area contributed by atoms with E-state index in [0.29, 0.717) is 40.6 Å². The first-order valence-electron chi connectivity index (χ1n) is 12.0. The fraction of sp³-hybridized carbons (Fsp3) is 0.172. The normalized spacial score (nSPS) is 13.7. The lowest BCUT2D eigenvalue weighted by atomic mass is 10.00. The van der Waals surface area contributed by atoms with Crippen LogP contribution >= 0.6 is 15.9 Å². The summed E-state index contributed by atoms with van der Waals surface area (Å²) in [5.74, 6) is 0.272. The van der Waals surface area contributed by atoms with Crippen LogP contribution in [-0.4, -0.2) is 42.3 Å². The number of rotatable bonds is 10. The number of carbonyl (C=O) groups is 2. The Kier molecular flexibility index (Phi) is 8.90. The molecule has 0 aliphatic carbocycles. The zero-order valence-electron chi connectivity index (χ0n) is 20.7. The predicted molar refractivity (Wildman–Crippen MR) is 149 cm³/mol. The monoisotopic (exact) mass is 572 g/mol. The Bertz CT molecular complexity index is 1410. The van der Waals surface area contributed by atoms with E-state index in [1.54, 1.807) is 36.4 Å². The van der Waals surface area contributed by atoms with E-state index in [0.717, 1.165) is 10.0 Å². The number of anilines is 1. The van der Waals surface area contributed by atoms with Crippen LogP contribution in [0.2, 0.25) is 0 Å². The number of hydrogen-bond donors (Lipinski definition) is 1. The lowest BCUT2D eigenvalue weighted by Gasteiger charge is -2.13. The van der Waals surface area contributed by atoms with Gasteiger partial charge in [-0.1, -0.05) is 52.3 Å².